The Morgan fingerprint density at radius 1 is 1.04 bits per heavy atom. The summed E-state index contributed by atoms with van der Waals surface area (Å²) in [5.74, 6) is 2.97. The molecule has 3 aromatic rings. The van der Waals surface area contributed by atoms with Gasteiger partial charge >= 0.3 is 0 Å². The van der Waals surface area contributed by atoms with Crippen molar-refractivity contribution in [2.75, 3.05) is 23.8 Å². The Kier molecular flexibility index (Phi) is 5.68. The summed E-state index contributed by atoms with van der Waals surface area (Å²) in [5, 5.41) is 6.61. The number of para-hydroxylation sites is 1. The number of rotatable bonds is 7. The monoisotopic (exact) mass is 376 g/mol. The molecule has 2 heterocycles. The summed E-state index contributed by atoms with van der Waals surface area (Å²) in [6.45, 7) is 3.53. The third kappa shape index (κ3) is 4.98. The highest BCUT2D eigenvalue weighted by Crippen LogP contribution is 2.24. The zero-order valence-corrected chi connectivity index (χ0v) is 15.9. The molecule has 1 aromatic heterocycles. The van der Waals surface area contributed by atoms with E-state index in [1.807, 2.05) is 67.6 Å². The predicted molar refractivity (Wildman–Crippen MR) is 110 cm³/mol. The molecule has 1 saturated heterocycles. The summed E-state index contributed by atoms with van der Waals surface area (Å²) in [5.41, 5.74) is 1.83. The number of aryl methyl sites for hydroxylation is 1. The van der Waals surface area contributed by atoms with E-state index in [-0.39, 0.29) is 6.10 Å². The first-order chi connectivity index (χ1) is 13.7. The molecule has 0 aliphatic carbocycles. The standard InChI is InChI=1S/C22H24N4O2/c1-16-14-21(26-22(24-16)23-15-20-8-5-13-27-20)25-17-9-11-19(12-10-17)28-18-6-3-2-4-7-18/h2-4,6-7,9-12,14,20H,5,8,13,15H2,1H3,(H2,23,24,25,26). The van der Waals surface area contributed by atoms with Gasteiger partial charge in [0.15, 0.2) is 0 Å². The van der Waals surface area contributed by atoms with Crippen LogP contribution >= 0.6 is 0 Å². The molecule has 0 amide bonds. The molecule has 2 aromatic carbocycles. The number of aromatic nitrogens is 2. The van der Waals surface area contributed by atoms with Crippen LogP contribution in [0.2, 0.25) is 0 Å². The Bertz CT molecular complexity index is 894. The van der Waals surface area contributed by atoms with Crippen LogP contribution in [0.15, 0.2) is 60.7 Å². The fraction of sp³-hybridized carbons (Fsp3) is 0.273. The van der Waals surface area contributed by atoms with Crippen LogP contribution in [0.1, 0.15) is 18.5 Å². The van der Waals surface area contributed by atoms with Crippen molar-refractivity contribution in [2.24, 2.45) is 0 Å². The second-order valence-electron chi connectivity index (χ2n) is 6.80. The van der Waals surface area contributed by atoms with Gasteiger partial charge in [-0.05, 0) is 56.2 Å². The summed E-state index contributed by atoms with van der Waals surface area (Å²) in [7, 11) is 0. The van der Waals surface area contributed by atoms with Gasteiger partial charge in [0, 0.05) is 30.6 Å². The van der Waals surface area contributed by atoms with Crippen LogP contribution in [0.5, 0.6) is 11.5 Å². The third-order valence-electron chi connectivity index (χ3n) is 4.47. The summed E-state index contributed by atoms with van der Waals surface area (Å²) in [4.78, 5) is 9.02. The van der Waals surface area contributed by atoms with Crippen LogP contribution in [0, 0.1) is 6.92 Å². The quantitative estimate of drug-likeness (QED) is 0.610. The fourth-order valence-corrected chi connectivity index (χ4v) is 3.10. The van der Waals surface area contributed by atoms with Crippen molar-refractivity contribution >= 4 is 17.5 Å². The van der Waals surface area contributed by atoms with E-state index in [9.17, 15) is 0 Å². The maximum Gasteiger partial charge on any atom is 0.224 e. The number of benzene rings is 2. The smallest absolute Gasteiger partial charge is 0.224 e. The molecule has 4 rings (SSSR count). The predicted octanol–water partition coefficient (Wildman–Crippen LogP) is 4.91. The van der Waals surface area contributed by atoms with Gasteiger partial charge in [-0.25, -0.2) is 4.98 Å². The van der Waals surface area contributed by atoms with Crippen molar-refractivity contribution in [3.05, 3.63) is 66.4 Å². The van der Waals surface area contributed by atoms with E-state index < -0.39 is 0 Å². The van der Waals surface area contributed by atoms with Gasteiger partial charge in [-0.1, -0.05) is 18.2 Å². The van der Waals surface area contributed by atoms with E-state index in [1.54, 1.807) is 0 Å². The zero-order valence-electron chi connectivity index (χ0n) is 15.9. The highest BCUT2D eigenvalue weighted by molar-refractivity contribution is 5.58. The number of nitrogens with one attached hydrogen (secondary N) is 2. The van der Waals surface area contributed by atoms with Crippen molar-refractivity contribution in [1.29, 1.82) is 0 Å². The van der Waals surface area contributed by atoms with Crippen molar-refractivity contribution in [3.63, 3.8) is 0 Å². The Balaban J connectivity index is 1.39. The van der Waals surface area contributed by atoms with E-state index in [2.05, 4.69) is 20.6 Å². The molecule has 0 radical (unpaired) electrons. The molecular formula is C22H24N4O2. The molecule has 6 nitrogen and oxygen atoms in total. The Morgan fingerprint density at radius 3 is 2.57 bits per heavy atom. The summed E-state index contributed by atoms with van der Waals surface area (Å²) >= 11 is 0. The molecule has 2 N–H and O–H groups in total. The average Bonchev–Trinajstić information content (AvgIpc) is 3.22. The lowest BCUT2D eigenvalue weighted by Crippen LogP contribution is -2.20. The largest absolute Gasteiger partial charge is 0.457 e. The van der Waals surface area contributed by atoms with Gasteiger partial charge < -0.3 is 20.1 Å². The Labute approximate surface area is 164 Å². The van der Waals surface area contributed by atoms with Crippen LogP contribution in [0.25, 0.3) is 0 Å². The van der Waals surface area contributed by atoms with Crippen LogP contribution in [0.4, 0.5) is 17.5 Å². The van der Waals surface area contributed by atoms with Crippen LogP contribution < -0.4 is 15.4 Å². The first kappa shape index (κ1) is 18.3. The minimum absolute atomic E-state index is 0.248. The van der Waals surface area contributed by atoms with Crippen LogP contribution in [-0.2, 0) is 4.74 Å². The van der Waals surface area contributed by atoms with Gasteiger partial charge in [0.25, 0.3) is 0 Å². The minimum Gasteiger partial charge on any atom is -0.457 e. The number of hydrogen-bond acceptors (Lipinski definition) is 6. The molecule has 0 bridgehead atoms. The topological polar surface area (TPSA) is 68.3 Å². The second kappa shape index (κ2) is 8.71. The van der Waals surface area contributed by atoms with Gasteiger partial charge in [-0.3, -0.25) is 0 Å². The molecule has 0 saturated carbocycles. The van der Waals surface area contributed by atoms with Gasteiger partial charge in [0.2, 0.25) is 5.95 Å². The van der Waals surface area contributed by atoms with Crippen molar-refractivity contribution < 1.29 is 9.47 Å². The Morgan fingerprint density at radius 2 is 1.82 bits per heavy atom. The number of anilines is 3. The van der Waals surface area contributed by atoms with Crippen LogP contribution in [0.3, 0.4) is 0 Å². The van der Waals surface area contributed by atoms with Gasteiger partial charge in [0.05, 0.1) is 6.10 Å². The summed E-state index contributed by atoms with van der Waals surface area (Å²) < 4.78 is 11.5. The lowest BCUT2D eigenvalue weighted by atomic mass is 10.2. The summed E-state index contributed by atoms with van der Waals surface area (Å²) in [6, 6.07) is 19.5. The van der Waals surface area contributed by atoms with E-state index >= 15 is 0 Å². The van der Waals surface area contributed by atoms with E-state index in [0.29, 0.717) is 5.95 Å². The molecule has 1 unspecified atom stereocenters. The number of ether oxygens (including phenoxy) is 2. The maximum atomic E-state index is 5.83. The molecule has 0 spiro atoms. The SMILES string of the molecule is Cc1cc(Nc2ccc(Oc3ccccc3)cc2)nc(NCC2CCCO2)n1. The zero-order chi connectivity index (χ0) is 19.2. The first-order valence-electron chi connectivity index (χ1n) is 9.56. The molecule has 1 atom stereocenters. The normalized spacial score (nSPS) is 16.0. The molecular weight excluding hydrogens is 352 g/mol. The first-order valence-corrected chi connectivity index (χ1v) is 9.56. The van der Waals surface area contributed by atoms with E-state index in [4.69, 9.17) is 9.47 Å². The molecule has 1 fully saturated rings. The molecule has 1 aliphatic rings. The molecule has 6 heteroatoms. The average molecular weight is 376 g/mol. The van der Waals surface area contributed by atoms with Crippen molar-refractivity contribution in [3.8, 4) is 11.5 Å². The van der Waals surface area contributed by atoms with Gasteiger partial charge in [-0.2, -0.15) is 4.98 Å². The van der Waals surface area contributed by atoms with Gasteiger partial charge in [0.1, 0.15) is 17.3 Å². The summed E-state index contributed by atoms with van der Waals surface area (Å²) in [6.07, 6.45) is 2.46. The Hall–Kier alpha value is -3.12. The minimum atomic E-state index is 0.248. The lowest BCUT2D eigenvalue weighted by molar-refractivity contribution is 0.120. The number of hydrogen-bond donors (Lipinski definition) is 2. The fourth-order valence-electron chi connectivity index (χ4n) is 3.10. The van der Waals surface area contributed by atoms with Crippen molar-refractivity contribution in [2.45, 2.75) is 25.9 Å². The molecule has 144 valence electrons. The third-order valence-corrected chi connectivity index (χ3v) is 4.47. The van der Waals surface area contributed by atoms with Gasteiger partial charge in [-0.15, -0.1) is 0 Å². The molecule has 28 heavy (non-hydrogen) atoms. The molecule has 1 aliphatic heterocycles. The van der Waals surface area contributed by atoms with Crippen LogP contribution in [-0.4, -0.2) is 29.2 Å². The highest BCUT2D eigenvalue weighted by Gasteiger charge is 2.15. The van der Waals surface area contributed by atoms with Crippen molar-refractivity contribution in [1.82, 2.24) is 9.97 Å². The second-order valence-corrected chi connectivity index (χ2v) is 6.80. The van der Waals surface area contributed by atoms with E-state index in [1.165, 1.54) is 0 Å². The number of nitrogens with zero attached hydrogens (tertiary/aromatic N) is 2. The maximum absolute atomic E-state index is 5.83. The lowest BCUT2D eigenvalue weighted by Gasteiger charge is -2.13. The van der Waals surface area contributed by atoms with E-state index in [0.717, 1.165) is 54.7 Å². The highest BCUT2D eigenvalue weighted by atomic mass is 16.5.